The van der Waals surface area contributed by atoms with Crippen LogP contribution in [-0.4, -0.2) is 50.0 Å². The van der Waals surface area contributed by atoms with Crippen molar-refractivity contribution < 1.29 is 18.7 Å². The molecule has 2 heterocycles. The van der Waals surface area contributed by atoms with Gasteiger partial charge in [0.15, 0.2) is 5.76 Å². The molecule has 1 aliphatic rings. The van der Waals surface area contributed by atoms with Crippen molar-refractivity contribution in [3.8, 4) is 5.75 Å². The van der Waals surface area contributed by atoms with Crippen LogP contribution in [0.5, 0.6) is 5.75 Å². The van der Waals surface area contributed by atoms with E-state index >= 15 is 0 Å². The summed E-state index contributed by atoms with van der Waals surface area (Å²) in [7, 11) is 1.53. The summed E-state index contributed by atoms with van der Waals surface area (Å²) in [5, 5.41) is 3.39. The van der Waals surface area contributed by atoms with Crippen LogP contribution in [0.15, 0.2) is 65.3 Å². The summed E-state index contributed by atoms with van der Waals surface area (Å²) in [6.07, 6.45) is 1.50. The van der Waals surface area contributed by atoms with E-state index in [1.54, 1.807) is 41.3 Å². The SMILES string of the molecule is COc1ccccc1C(=O)Nc1ccc(N2CCN(C(=O)c3ccco3)CC2)c(Cl)c1. The predicted molar refractivity (Wildman–Crippen MR) is 119 cm³/mol. The van der Waals surface area contributed by atoms with Crippen molar-refractivity contribution in [3.63, 3.8) is 0 Å². The second-order valence-electron chi connectivity index (χ2n) is 7.08. The zero-order valence-electron chi connectivity index (χ0n) is 17.0. The Morgan fingerprint density at radius 2 is 1.81 bits per heavy atom. The number of furan rings is 1. The Hall–Kier alpha value is -3.45. The summed E-state index contributed by atoms with van der Waals surface area (Å²) in [5.41, 5.74) is 1.90. The van der Waals surface area contributed by atoms with Gasteiger partial charge in [-0.15, -0.1) is 0 Å². The highest BCUT2D eigenvalue weighted by molar-refractivity contribution is 6.33. The molecule has 8 heteroatoms. The number of amides is 2. The largest absolute Gasteiger partial charge is 0.496 e. The zero-order chi connectivity index (χ0) is 21.8. The Labute approximate surface area is 185 Å². The summed E-state index contributed by atoms with van der Waals surface area (Å²) in [4.78, 5) is 28.9. The summed E-state index contributed by atoms with van der Waals surface area (Å²) in [6, 6.07) is 15.8. The van der Waals surface area contributed by atoms with E-state index in [9.17, 15) is 9.59 Å². The average Bonchev–Trinajstić information content (AvgIpc) is 3.34. The highest BCUT2D eigenvalue weighted by Crippen LogP contribution is 2.30. The minimum Gasteiger partial charge on any atom is -0.496 e. The predicted octanol–water partition coefficient (Wildman–Crippen LogP) is 4.16. The average molecular weight is 440 g/mol. The Kier molecular flexibility index (Phi) is 6.13. The lowest BCUT2D eigenvalue weighted by Gasteiger charge is -2.36. The van der Waals surface area contributed by atoms with Crippen LogP contribution >= 0.6 is 11.6 Å². The first-order valence-electron chi connectivity index (χ1n) is 9.88. The molecule has 0 radical (unpaired) electrons. The second kappa shape index (κ2) is 9.14. The number of piperazine rings is 1. The molecule has 0 unspecified atom stereocenters. The third-order valence-corrected chi connectivity index (χ3v) is 5.50. The fraction of sp³-hybridized carbons (Fsp3) is 0.217. The molecule has 31 heavy (non-hydrogen) atoms. The summed E-state index contributed by atoms with van der Waals surface area (Å²) in [5.74, 6) is 0.475. The molecule has 1 aliphatic heterocycles. The van der Waals surface area contributed by atoms with Crippen LogP contribution in [0, 0.1) is 0 Å². The highest BCUT2D eigenvalue weighted by atomic mass is 35.5. The zero-order valence-corrected chi connectivity index (χ0v) is 17.8. The van der Waals surface area contributed by atoms with E-state index in [1.807, 2.05) is 18.2 Å². The third-order valence-electron chi connectivity index (χ3n) is 5.20. The number of nitrogens with one attached hydrogen (secondary N) is 1. The number of para-hydroxylation sites is 1. The van der Waals surface area contributed by atoms with Crippen LogP contribution in [0.4, 0.5) is 11.4 Å². The van der Waals surface area contributed by atoms with Gasteiger partial charge in [0.1, 0.15) is 5.75 Å². The molecule has 3 aromatic rings. The van der Waals surface area contributed by atoms with Gasteiger partial charge in [0.05, 0.1) is 29.6 Å². The Morgan fingerprint density at radius 3 is 2.48 bits per heavy atom. The van der Waals surface area contributed by atoms with Crippen molar-refractivity contribution in [2.75, 3.05) is 43.5 Å². The van der Waals surface area contributed by atoms with E-state index in [1.165, 1.54) is 13.4 Å². The maximum absolute atomic E-state index is 12.6. The van der Waals surface area contributed by atoms with Gasteiger partial charge < -0.3 is 24.3 Å². The summed E-state index contributed by atoms with van der Waals surface area (Å²) < 4.78 is 10.5. The fourth-order valence-electron chi connectivity index (χ4n) is 3.58. The van der Waals surface area contributed by atoms with E-state index in [2.05, 4.69) is 10.2 Å². The fourth-order valence-corrected chi connectivity index (χ4v) is 3.88. The lowest BCUT2D eigenvalue weighted by molar-refractivity contribution is 0.0714. The number of nitrogens with zero attached hydrogens (tertiary/aromatic N) is 2. The maximum atomic E-state index is 12.6. The molecule has 0 atom stereocenters. The molecular weight excluding hydrogens is 418 g/mol. The molecular formula is C23H22ClN3O4. The molecule has 1 saturated heterocycles. The third kappa shape index (κ3) is 4.51. The van der Waals surface area contributed by atoms with Crippen molar-refractivity contribution >= 4 is 34.8 Å². The van der Waals surface area contributed by atoms with Gasteiger partial charge >= 0.3 is 0 Å². The van der Waals surface area contributed by atoms with Gasteiger partial charge in [-0.2, -0.15) is 0 Å². The van der Waals surface area contributed by atoms with Crippen molar-refractivity contribution in [2.45, 2.75) is 0 Å². The Balaban J connectivity index is 1.40. The van der Waals surface area contributed by atoms with Crippen LogP contribution in [0.25, 0.3) is 0 Å². The van der Waals surface area contributed by atoms with Crippen LogP contribution in [-0.2, 0) is 0 Å². The first-order chi connectivity index (χ1) is 15.1. The first-order valence-corrected chi connectivity index (χ1v) is 10.3. The molecule has 1 fully saturated rings. The molecule has 0 aliphatic carbocycles. The molecule has 1 aromatic heterocycles. The quantitative estimate of drug-likeness (QED) is 0.646. The van der Waals surface area contributed by atoms with E-state index in [4.69, 9.17) is 20.8 Å². The van der Waals surface area contributed by atoms with Crippen LogP contribution in [0.2, 0.25) is 5.02 Å². The Bertz CT molecular complexity index is 1080. The van der Waals surface area contributed by atoms with Gasteiger partial charge in [0.2, 0.25) is 0 Å². The van der Waals surface area contributed by atoms with E-state index in [0.29, 0.717) is 54.0 Å². The topological polar surface area (TPSA) is 75.0 Å². The standard InChI is InChI=1S/C23H22ClN3O4/c1-30-20-6-3-2-5-17(20)22(28)25-16-8-9-19(18(24)15-16)26-10-12-27(13-11-26)23(29)21-7-4-14-31-21/h2-9,14-15H,10-13H2,1H3,(H,25,28). The number of hydrogen-bond acceptors (Lipinski definition) is 5. The molecule has 4 rings (SSSR count). The second-order valence-corrected chi connectivity index (χ2v) is 7.48. The number of rotatable bonds is 5. The molecule has 7 nitrogen and oxygen atoms in total. The number of anilines is 2. The minimum absolute atomic E-state index is 0.106. The van der Waals surface area contributed by atoms with Crippen LogP contribution < -0.4 is 15.0 Å². The minimum atomic E-state index is -0.272. The summed E-state index contributed by atoms with van der Waals surface area (Å²) >= 11 is 6.52. The van der Waals surface area contributed by atoms with Gasteiger partial charge in [-0.05, 0) is 42.5 Å². The highest BCUT2D eigenvalue weighted by Gasteiger charge is 2.25. The number of carbonyl (C=O) groups excluding carboxylic acids is 2. The molecule has 1 N–H and O–H groups in total. The monoisotopic (exact) mass is 439 g/mol. The lowest BCUT2D eigenvalue weighted by Crippen LogP contribution is -2.48. The van der Waals surface area contributed by atoms with E-state index in [-0.39, 0.29) is 11.8 Å². The molecule has 2 aromatic carbocycles. The van der Waals surface area contributed by atoms with Gasteiger partial charge in [-0.1, -0.05) is 23.7 Å². The number of carbonyl (C=O) groups is 2. The van der Waals surface area contributed by atoms with Gasteiger partial charge in [0.25, 0.3) is 11.8 Å². The van der Waals surface area contributed by atoms with Gasteiger partial charge in [-0.25, -0.2) is 0 Å². The van der Waals surface area contributed by atoms with Gasteiger partial charge in [-0.3, -0.25) is 9.59 Å². The van der Waals surface area contributed by atoms with E-state index < -0.39 is 0 Å². The van der Waals surface area contributed by atoms with E-state index in [0.717, 1.165) is 5.69 Å². The molecule has 0 saturated carbocycles. The number of hydrogen-bond donors (Lipinski definition) is 1. The van der Waals surface area contributed by atoms with Crippen molar-refractivity contribution in [2.24, 2.45) is 0 Å². The maximum Gasteiger partial charge on any atom is 0.289 e. The normalized spacial score (nSPS) is 13.7. The lowest BCUT2D eigenvalue weighted by atomic mass is 10.1. The van der Waals surface area contributed by atoms with Crippen LogP contribution in [0.3, 0.4) is 0 Å². The molecule has 0 spiro atoms. The van der Waals surface area contributed by atoms with Crippen molar-refractivity contribution in [1.82, 2.24) is 4.90 Å². The first kappa shape index (κ1) is 20.8. The number of halogens is 1. The number of benzene rings is 2. The van der Waals surface area contributed by atoms with Crippen LogP contribution in [0.1, 0.15) is 20.9 Å². The smallest absolute Gasteiger partial charge is 0.289 e. The number of methoxy groups -OCH3 is 1. The molecule has 160 valence electrons. The molecule has 2 amide bonds. The summed E-state index contributed by atoms with van der Waals surface area (Å²) in [6.45, 7) is 2.45. The van der Waals surface area contributed by atoms with Crippen molar-refractivity contribution in [1.29, 1.82) is 0 Å². The van der Waals surface area contributed by atoms with Gasteiger partial charge in [0, 0.05) is 31.9 Å². The Morgan fingerprint density at radius 1 is 1.03 bits per heavy atom. The molecule has 0 bridgehead atoms. The van der Waals surface area contributed by atoms with Crippen molar-refractivity contribution in [3.05, 3.63) is 77.2 Å². The number of ether oxygens (including phenoxy) is 1.